The van der Waals surface area contributed by atoms with Crippen LogP contribution in [0.5, 0.6) is 0 Å². The van der Waals surface area contributed by atoms with Crippen molar-refractivity contribution in [3.05, 3.63) is 76.1 Å². The summed E-state index contributed by atoms with van der Waals surface area (Å²) in [4.78, 5) is 16.3. The SMILES string of the molecule is CCc1cccc2c(/C=C3/C(=O)N(CC)C(=S)N3C)cn(Cc3ccc(Cl)cc3)c12. The third-order valence-electron chi connectivity index (χ3n) is 5.61. The number of halogens is 1. The highest BCUT2D eigenvalue weighted by Crippen LogP contribution is 2.30. The monoisotopic (exact) mass is 437 g/mol. The number of aryl methyl sites for hydroxylation is 1. The molecule has 154 valence electrons. The van der Waals surface area contributed by atoms with Gasteiger partial charge < -0.3 is 9.47 Å². The first-order valence-electron chi connectivity index (χ1n) is 10.1. The average Bonchev–Trinajstić information content (AvgIpc) is 3.19. The molecule has 1 aromatic heterocycles. The van der Waals surface area contributed by atoms with Gasteiger partial charge in [-0.25, -0.2) is 0 Å². The van der Waals surface area contributed by atoms with E-state index in [0.29, 0.717) is 17.4 Å². The van der Waals surface area contributed by atoms with Crippen LogP contribution in [0.3, 0.4) is 0 Å². The Labute approximate surface area is 187 Å². The summed E-state index contributed by atoms with van der Waals surface area (Å²) in [6.07, 6.45) is 5.03. The van der Waals surface area contributed by atoms with Gasteiger partial charge in [0, 0.05) is 42.3 Å². The number of para-hydroxylation sites is 1. The third-order valence-corrected chi connectivity index (χ3v) is 6.36. The summed E-state index contributed by atoms with van der Waals surface area (Å²) in [6, 6.07) is 14.3. The van der Waals surface area contributed by atoms with Gasteiger partial charge in [0.1, 0.15) is 5.70 Å². The van der Waals surface area contributed by atoms with Gasteiger partial charge in [-0.05, 0) is 54.9 Å². The molecule has 1 aliphatic rings. The zero-order valence-corrected chi connectivity index (χ0v) is 18.9. The molecule has 1 fully saturated rings. The van der Waals surface area contributed by atoms with E-state index < -0.39 is 0 Å². The van der Waals surface area contributed by atoms with E-state index >= 15 is 0 Å². The summed E-state index contributed by atoms with van der Waals surface area (Å²) in [6.45, 7) is 5.40. The molecule has 2 aromatic carbocycles. The number of thiocarbonyl (C=S) groups is 1. The molecule has 1 aliphatic heterocycles. The van der Waals surface area contributed by atoms with Gasteiger partial charge in [-0.1, -0.05) is 48.9 Å². The van der Waals surface area contributed by atoms with Crippen LogP contribution in [-0.2, 0) is 17.8 Å². The number of carbonyl (C=O) groups excluding carboxylic acids is 1. The van der Waals surface area contributed by atoms with Crippen LogP contribution in [0.2, 0.25) is 5.02 Å². The van der Waals surface area contributed by atoms with Gasteiger partial charge in [0.15, 0.2) is 5.11 Å². The Bertz CT molecular complexity index is 1160. The maximum atomic E-state index is 12.9. The normalized spacial score (nSPS) is 15.8. The Kier molecular flexibility index (Phi) is 5.67. The van der Waals surface area contributed by atoms with Gasteiger partial charge in [0.2, 0.25) is 0 Å². The quantitative estimate of drug-likeness (QED) is 0.399. The molecule has 30 heavy (non-hydrogen) atoms. The molecule has 4 nitrogen and oxygen atoms in total. The van der Waals surface area contributed by atoms with Crippen LogP contribution in [0.25, 0.3) is 17.0 Å². The largest absolute Gasteiger partial charge is 0.342 e. The molecular formula is C24H24ClN3OS. The fourth-order valence-corrected chi connectivity index (χ4v) is 4.45. The molecule has 6 heteroatoms. The first kappa shape index (κ1) is 20.6. The van der Waals surface area contributed by atoms with Crippen molar-refractivity contribution in [2.24, 2.45) is 0 Å². The highest BCUT2D eigenvalue weighted by atomic mass is 35.5. The van der Waals surface area contributed by atoms with E-state index in [1.807, 2.05) is 44.3 Å². The van der Waals surface area contributed by atoms with Crippen LogP contribution in [-0.4, -0.2) is 39.0 Å². The number of aromatic nitrogens is 1. The van der Waals surface area contributed by atoms with Crippen molar-refractivity contribution in [3.8, 4) is 0 Å². The summed E-state index contributed by atoms with van der Waals surface area (Å²) in [5, 5.41) is 2.42. The third kappa shape index (κ3) is 3.53. The molecule has 2 heterocycles. The summed E-state index contributed by atoms with van der Waals surface area (Å²) in [7, 11) is 1.85. The van der Waals surface area contributed by atoms with E-state index in [4.69, 9.17) is 23.8 Å². The molecule has 4 rings (SSSR count). The fourth-order valence-electron chi connectivity index (χ4n) is 4.01. The van der Waals surface area contributed by atoms with Crippen molar-refractivity contribution in [1.82, 2.24) is 14.4 Å². The van der Waals surface area contributed by atoms with Gasteiger partial charge in [-0.2, -0.15) is 0 Å². The standard InChI is InChI=1S/C24H24ClN3OS/c1-4-17-7-6-8-20-18(13-21-23(29)28(5-2)24(30)26(21)3)15-27(22(17)20)14-16-9-11-19(25)12-10-16/h6-13,15H,4-5,14H2,1-3H3/b21-13-. The maximum Gasteiger partial charge on any atom is 0.276 e. The minimum atomic E-state index is -0.0461. The number of rotatable bonds is 5. The predicted octanol–water partition coefficient (Wildman–Crippen LogP) is 5.33. The minimum Gasteiger partial charge on any atom is -0.342 e. The maximum absolute atomic E-state index is 12.9. The van der Waals surface area contributed by atoms with Crippen molar-refractivity contribution < 1.29 is 4.79 Å². The lowest BCUT2D eigenvalue weighted by Gasteiger charge is -2.13. The number of likely N-dealkylation sites (N-methyl/N-ethyl adjacent to an activating group) is 2. The topological polar surface area (TPSA) is 28.5 Å². The van der Waals surface area contributed by atoms with E-state index in [1.165, 1.54) is 16.6 Å². The highest BCUT2D eigenvalue weighted by Gasteiger charge is 2.34. The second-order valence-electron chi connectivity index (χ2n) is 7.43. The minimum absolute atomic E-state index is 0.0461. The predicted molar refractivity (Wildman–Crippen MR) is 128 cm³/mol. The fraction of sp³-hybridized carbons (Fsp3) is 0.250. The highest BCUT2D eigenvalue weighted by molar-refractivity contribution is 7.80. The molecule has 0 N–H and O–H groups in total. The zero-order valence-electron chi connectivity index (χ0n) is 17.4. The van der Waals surface area contributed by atoms with Crippen molar-refractivity contribution in [3.63, 3.8) is 0 Å². The number of fused-ring (bicyclic) bond motifs is 1. The van der Waals surface area contributed by atoms with E-state index in [0.717, 1.165) is 28.9 Å². The van der Waals surface area contributed by atoms with Crippen LogP contribution in [0.15, 0.2) is 54.4 Å². The lowest BCUT2D eigenvalue weighted by Crippen LogP contribution is -2.30. The molecule has 1 amide bonds. The summed E-state index contributed by atoms with van der Waals surface area (Å²) in [5.74, 6) is -0.0461. The number of nitrogens with zero attached hydrogens (tertiary/aromatic N) is 3. The lowest BCUT2D eigenvalue weighted by atomic mass is 10.1. The average molecular weight is 438 g/mol. The molecule has 0 radical (unpaired) electrons. The van der Waals surface area contributed by atoms with E-state index in [1.54, 1.807) is 9.80 Å². The second kappa shape index (κ2) is 8.25. The number of amides is 1. The lowest BCUT2D eigenvalue weighted by molar-refractivity contribution is -0.122. The van der Waals surface area contributed by atoms with Gasteiger partial charge in [-0.15, -0.1) is 0 Å². The number of hydrogen-bond acceptors (Lipinski definition) is 2. The molecular weight excluding hydrogens is 414 g/mol. The van der Waals surface area contributed by atoms with Crippen LogP contribution >= 0.6 is 23.8 Å². The second-order valence-corrected chi connectivity index (χ2v) is 8.23. The number of benzene rings is 2. The van der Waals surface area contributed by atoms with Crippen molar-refractivity contribution in [2.75, 3.05) is 13.6 Å². The van der Waals surface area contributed by atoms with E-state index in [9.17, 15) is 4.79 Å². The molecule has 0 saturated carbocycles. The Morgan fingerprint density at radius 1 is 1.10 bits per heavy atom. The summed E-state index contributed by atoms with van der Waals surface area (Å²) >= 11 is 11.5. The molecule has 0 aliphatic carbocycles. The van der Waals surface area contributed by atoms with Crippen LogP contribution in [0, 0.1) is 0 Å². The molecule has 0 unspecified atom stereocenters. The van der Waals surface area contributed by atoms with Gasteiger partial charge >= 0.3 is 0 Å². The Morgan fingerprint density at radius 2 is 1.83 bits per heavy atom. The number of hydrogen-bond donors (Lipinski definition) is 0. The van der Waals surface area contributed by atoms with Gasteiger partial charge in [0.25, 0.3) is 5.91 Å². The van der Waals surface area contributed by atoms with Crippen LogP contribution in [0.4, 0.5) is 0 Å². The number of carbonyl (C=O) groups is 1. The first-order chi connectivity index (χ1) is 14.4. The first-order valence-corrected chi connectivity index (χ1v) is 10.9. The molecule has 1 saturated heterocycles. The van der Waals surface area contributed by atoms with Crippen molar-refractivity contribution >= 4 is 51.8 Å². The molecule has 0 spiro atoms. The Balaban J connectivity index is 1.84. The molecule has 0 atom stereocenters. The van der Waals surface area contributed by atoms with Gasteiger partial charge in [-0.3, -0.25) is 9.69 Å². The summed E-state index contributed by atoms with van der Waals surface area (Å²) < 4.78 is 2.26. The van der Waals surface area contributed by atoms with Crippen molar-refractivity contribution in [2.45, 2.75) is 26.8 Å². The van der Waals surface area contributed by atoms with Gasteiger partial charge in [0.05, 0.1) is 5.52 Å². The van der Waals surface area contributed by atoms with Crippen LogP contribution < -0.4 is 0 Å². The summed E-state index contributed by atoms with van der Waals surface area (Å²) in [5.41, 5.74) is 5.28. The van der Waals surface area contributed by atoms with E-state index in [-0.39, 0.29) is 5.91 Å². The molecule has 3 aromatic rings. The van der Waals surface area contributed by atoms with Crippen molar-refractivity contribution in [1.29, 1.82) is 0 Å². The van der Waals surface area contributed by atoms with E-state index in [2.05, 4.69) is 35.9 Å². The Morgan fingerprint density at radius 3 is 2.47 bits per heavy atom. The smallest absolute Gasteiger partial charge is 0.276 e. The Hall–Kier alpha value is -2.63. The molecule has 0 bridgehead atoms. The zero-order chi connectivity index (χ0) is 21.4. The van der Waals surface area contributed by atoms with Crippen LogP contribution in [0.1, 0.15) is 30.5 Å².